The van der Waals surface area contributed by atoms with E-state index in [0.717, 1.165) is 28.2 Å². The normalized spacial score (nSPS) is 10.9. The summed E-state index contributed by atoms with van der Waals surface area (Å²) in [6.07, 6.45) is 2.65. The second-order valence-corrected chi connectivity index (χ2v) is 6.14. The average molecular weight is 334 g/mol. The second-order valence-electron chi connectivity index (χ2n) is 5.20. The van der Waals surface area contributed by atoms with Gasteiger partial charge in [-0.3, -0.25) is 4.98 Å². The van der Waals surface area contributed by atoms with Crippen molar-refractivity contribution in [2.75, 3.05) is 0 Å². The second kappa shape index (κ2) is 6.33. The monoisotopic (exact) mass is 334 g/mol. The van der Waals surface area contributed by atoms with Gasteiger partial charge in [0.25, 0.3) is 5.89 Å². The van der Waals surface area contributed by atoms with E-state index in [1.54, 1.807) is 17.5 Å². The molecule has 3 aromatic heterocycles. The Bertz CT molecular complexity index is 962. The summed E-state index contributed by atoms with van der Waals surface area (Å²) in [7, 11) is 0. The number of rotatable bonds is 4. The Labute approximate surface area is 143 Å². The fraction of sp³-hybridized carbons (Fsp3) is 0.111. The maximum atomic E-state index is 5.34. The van der Waals surface area contributed by atoms with Crippen LogP contribution in [0.3, 0.4) is 0 Å². The fourth-order valence-electron chi connectivity index (χ4n) is 2.36. The summed E-state index contributed by atoms with van der Waals surface area (Å²) < 4.78 is 5.34. The molecular weight excluding hydrogens is 320 g/mol. The lowest BCUT2D eigenvalue weighted by Crippen LogP contribution is -1.85. The van der Waals surface area contributed by atoms with Crippen molar-refractivity contribution in [3.8, 4) is 34.2 Å². The van der Waals surface area contributed by atoms with Crippen LogP contribution in [-0.4, -0.2) is 20.1 Å². The first-order chi connectivity index (χ1) is 11.8. The Morgan fingerprint density at radius 1 is 1.00 bits per heavy atom. The highest BCUT2D eigenvalue weighted by atomic mass is 32.1. The molecule has 0 spiro atoms. The SMILES string of the molecule is CCc1nc(-c2cccc(-c3noc(-c4ccccn4)n3)c2)cs1. The minimum absolute atomic E-state index is 0.415. The van der Waals surface area contributed by atoms with Crippen molar-refractivity contribution in [3.63, 3.8) is 0 Å². The van der Waals surface area contributed by atoms with Crippen LogP contribution < -0.4 is 0 Å². The number of aromatic nitrogens is 4. The molecular formula is C18H14N4OS. The van der Waals surface area contributed by atoms with Crippen molar-refractivity contribution in [3.05, 3.63) is 59.0 Å². The first-order valence-electron chi connectivity index (χ1n) is 7.64. The molecule has 0 radical (unpaired) electrons. The topological polar surface area (TPSA) is 64.7 Å². The Morgan fingerprint density at radius 3 is 2.71 bits per heavy atom. The molecule has 5 nitrogen and oxygen atoms in total. The van der Waals surface area contributed by atoms with Gasteiger partial charge in [0.05, 0.1) is 10.7 Å². The Morgan fingerprint density at radius 2 is 1.92 bits per heavy atom. The van der Waals surface area contributed by atoms with Gasteiger partial charge >= 0.3 is 0 Å². The third-order valence-corrected chi connectivity index (χ3v) is 4.57. The molecule has 24 heavy (non-hydrogen) atoms. The highest BCUT2D eigenvalue weighted by Gasteiger charge is 2.12. The molecule has 4 aromatic rings. The van der Waals surface area contributed by atoms with Gasteiger partial charge in [-0.25, -0.2) is 4.98 Å². The number of benzene rings is 1. The van der Waals surface area contributed by atoms with E-state index in [2.05, 4.69) is 32.4 Å². The Hall–Kier alpha value is -2.86. The van der Waals surface area contributed by atoms with E-state index < -0.39 is 0 Å². The van der Waals surface area contributed by atoms with Gasteiger partial charge in [-0.15, -0.1) is 11.3 Å². The predicted octanol–water partition coefficient (Wildman–Crippen LogP) is 4.48. The highest BCUT2D eigenvalue weighted by molar-refractivity contribution is 7.09. The van der Waals surface area contributed by atoms with Crippen molar-refractivity contribution >= 4 is 11.3 Å². The van der Waals surface area contributed by atoms with Gasteiger partial charge in [-0.1, -0.05) is 36.3 Å². The molecule has 0 saturated carbocycles. The van der Waals surface area contributed by atoms with E-state index in [4.69, 9.17) is 4.52 Å². The van der Waals surface area contributed by atoms with E-state index in [-0.39, 0.29) is 0 Å². The summed E-state index contributed by atoms with van der Waals surface area (Å²) in [5.74, 6) is 0.960. The van der Waals surface area contributed by atoms with Crippen molar-refractivity contribution in [1.29, 1.82) is 0 Å². The summed E-state index contributed by atoms with van der Waals surface area (Å²) >= 11 is 1.68. The zero-order valence-corrected chi connectivity index (χ0v) is 13.8. The molecule has 0 atom stereocenters. The molecule has 0 aliphatic carbocycles. The van der Waals surface area contributed by atoms with Crippen LogP contribution in [0.1, 0.15) is 11.9 Å². The third kappa shape index (κ3) is 2.83. The van der Waals surface area contributed by atoms with Crippen molar-refractivity contribution < 1.29 is 4.52 Å². The van der Waals surface area contributed by atoms with Crippen LogP contribution in [0.25, 0.3) is 34.2 Å². The van der Waals surface area contributed by atoms with Crippen LogP contribution in [0.5, 0.6) is 0 Å². The van der Waals surface area contributed by atoms with Gasteiger partial charge in [-0.05, 0) is 24.6 Å². The van der Waals surface area contributed by atoms with Gasteiger partial charge in [0.1, 0.15) is 5.69 Å². The summed E-state index contributed by atoms with van der Waals surface area (Å²) in [6.45, 7) is 2.11. The number of aryl methyl sites for hydroxylation is 1. The minimum atomic E-state index is 0.415. The molecule has 0 aliphatic rings. The zero-order chi connectivity index (χ0) is 16.4. The van der Waals surface area contributed by atoms with Crippen LogP contribution in [-0.2, 0) is 6.42 Å². The highest BCUT2D eigenvalue weighted by Crippen LogP contribution is 2.27. The minimum Gasteiger partial charge on any atom is -0.332 e. The van der Waals surface area contributed by atoms with Crippen LogP contribution in [0.4, 0.5) is 0 Å². The largest absolute Gasteiger partial charge is 0.332 e. The summed E-state index contributed by atoms with van der Waals surface area (Å²) in [5, 5.41) is 7.28. The first kappa shape index (κ1) is 14.7. The molecule has 118 valence electrons. The maximum absolute atomic E-state index is 5.34. The van der Waals surface area contributed by atoms with Crippen LogP contribution >= 0.6 is 11.3 Å². The molecule has 6 heteroatoms. The number of thiazole rings is 1. The molecule has 1 aromatic carbocycles. The maximum Gasteiger partial charge on any atom is 0.276 e. The number of hydrogen-bond donors (Lipinski definition) is 0. The van der Waals surface area contributed by atoms with Crippen molar-refractivity contribution in [1.82, 2.24) is 20.1 Å². The van der Waals surface area contributed by atoms with Gasteiger partial charge in [-0.2, -0.15) is 4.98 Å². The molecule has 0 saturated heterocycles. The standard InChI is InChI=1S/C18H14N4OS/c1-2-16-20-15(11-24-16)12-6-5-7-13(10-12)17-21-18(23-22-17)14-8-3-4-9-19-14/h3-11H,2H2,1H3. The number of nitrogens with zero attached hydrogens (tertiary/aromatic N) is 4. The lowest BCUT2D eigenvalue weighted by Gasteiger charge is -1.99. The predicted molar refractivity (Wildman–Crippen MR) is 93.5 cm³/mol. The summed E-state index contributed by atoms with van der Waals surface area (Å²) in [4.78, 5) is 13.3. The molecule has 0 amide bonds. The van der Waals surface area contributed by atoms with E-state index in [1.165, 1.54) is 0 Å². The van der Waals surface area contributed by atoms with Crippen LogP contribution in [0.2, 0.25) is 0 Å². The molecule has 0 aliphatic heterocycles. The fourth-order valence-corrected chi connectivity index (χ4v) is 3.11. The quantitative estimate of drug-likeness (QED) is 0.550. The van der Waals surface area contributed by atoms with Crippen molar-refractivity contribution in [2.45, 2.75) is 13.3 Å². The van der Waals surface area contributed by atoms with Crippen molar-refractivity contribution in [2.24, 2.45) is 0 Å². The van der Waals surface area contributed by atoms with Crippen LogP contribution in [0.15, 0.2) is 58.6 Å². The molecule has 3 heterocycles. The molecule has 0 fully saturated rings. The number of hydrogen-bond acceptors (Lipinski definition) is 6. The lowest BCUT2D eigenvalue weighted by molar-refractivity contribution is 0.431. The van der Waals surface area contributed by atoms with E-state index in [9.17, 15) is 0 Å². The molecule has 4 rings (SSSR count). The zero-order valence-electron chi connectivity index (χ0n) is 13.0. The number of pyridine rings is 1. The molecule has 0 bridgehead atoms. The lowest BCUT2D eigenvalue weighted by atomic mass is 10.1. The molecule has 0 unspecified atom stereocenters. The smallest absolute Gasteiger partial charge is 0.276 e. The summed E-state index contributed by atoms with van der Waals surface area (Å²) in [5.41, 5.74) is 3.59. The van der Waals surface area contributed by atoms with Gasteiger partial charge in [0, 0.05) is 22.7 Å². The van der Waals surface area contributed by atoms with E-state index in [1.807, 2.05) is 42.5 Å². The summed E-state index contributed by atoms with van der Waals surface area (Å²) in [6, 6.07) is 13.6. The average Bonchev–Trinajstić information content (AvgIpc) is 3.32. The first-order valence-corrected chi connectivity index (χ1v) is 8.52. The molecule has 0 N–H and O–H groups in total. The van der Waals surface area contributed by atoms with Gasteiger partial charge in [0.2, 0.25) is 5.82 Å². The van der Waals surface area contributed by atoms with Gasteiger partial charge in [0.15, 0.2) is 0 Å². The van der Waals surface area contributed by atoms with Crippen LogP contribution in [0, 0.1) is 0 Å². The Kier molecular flexibility index (Phi) is 3.88. The van der Waals surface area contributed by atoms with E-state index in [0.29, 0.717) is 17.4 Å². The van der Waals surface area contributed by atoms with Gasteiger partial charge < -0.3 is 4.52 Å². The van der Waals surface area contributed by atoms with E-state index >= 15 is 0 Å². The third-order valence-electron chi connectivity index (χ3n) is 3.58. The Balaban J connectivity index is 1.68.